The van der Waals surface area contributed by atoms with Crippen molar-refractivity contribution in [1.82, 2.24) is 15.1 Å². The summed E-state index contributed by atoms with van der Waals surface area (Å²) in [7, 11) is 0. The third-order valence-corrected chi connectivity index (χ3v) is 3.86. The molecule has 3 rings (SSSR count). The van der Waals surface area contributed by atoms with Gasteiger partial charge in [-0.3, -0.25) is 9.59 Å². The number of nitrogens with zero attached hydrogens (tertiary/aromatic N) is 2. The molecule has 1 heterocycles. The summed E-state index contributed by atoms with van der Waals surface area (Å²) in [5, 5.41) is 25.7. The van der Waals surface area contributed by atoms with Crippen molar-refractivity contribution in [3.63, 3.8) is 0 Å². The van der Waals surface area contributed by atoms with Gasteiger partial charge in [0.25, 0.3) is 5.91 Å². The molecule has 0 unspecified atom stereocenters. The van der Waals surface area contributed by atoms with Crippen LogP contribution in [0.25, 0.3) is 5.69 Å². The number of aliphatic carboxylic acids is 1. The smallest absolute Gasteiger partial charge is 0.305 e. The SMILES string of the molecule is O=C(O)C[C@H](NC(=O)c1cc(O)n(-c2ccccc2)n1)c1cccc(F)c1. The second-order valence-electron chi connectivity index (χ2n) is 5.81. The number of carbonyl (C=O) groups excluding carboxylic acids is 1. The summed E-state index contributed by atoms with van der Waals surface area (Å²) in [6, 6.07) is 14.3. The van der Waals surface area contributed by atoms with E-state index in [0.717, 1.165) is 6.07 Å². The lowest BCUT2D eigenvalue weighted by molar-refractivity contribution is -0.137. The lowest BCUT2D eigenvalue weighted by Crippen LogP contribution is -2.30. The maximum atomic E-state index is 13.5. The Morgan fingerprint density at radius 3 is 2.52 bits per heavy atom. The van der Waals surface area contributed by atoms with Crippen LogP contribution in [0.5, 0.6) is 5.88 Å². The summed E-state index contributed by atoms with van der Waals surface area (Å²) in [6.45, 7) is 0. The molecule has 1 atom stereocenters. The van der Waals surface area contributed by atoms with Crippen LogP contribution >= 0.6 is 0 Å². The Morgan fingerprint density at radius 2 is 1.85 bits per heavy atom. The molecule has 0 bridgehead atoms. The first-order valence-corrected chi connectivity index (χ1v) is 8.06. The quantitative estimate of drug-likeness (QED) is 0.620. The van der Waals surface area contributed by atoms with Gasteiger partial charge in [0.05, 0.1) is 18.2 Å². The van der Waals surface area contributed by atoms with Crippen LogP contribution < -0.4 is 5.32 Å². The van der Waals surface area contributed by atoms with Crippen molar-refractivity contribution in [1.29, 1.82) is 0 Å². The molecule has 0 aliphatic heterocycles. The molecule has 2 aromatic carbocycles. The molecule has 1 amide bonds. The first kappa shape index (κ1) is 18.1. The first-order valence-electron chi connectivity index (χ1n) is 8.06. The first-order chi connectivity index (χ1) is 12.9. The van der Waals surface area contributed by atoms with E-state index in [-0.39, 0.29) is 11.6 Å². The molecule has 27 heavy (non-hydrogen) atoms. The Morgan fingerprint density at radius 1 is 1.11 bits per heavy atom. The van der Waals surface area contributed by atoms with Crippen LogP contribution in [0.4, 0.5) is 4.39 Å². The lowest BCUT2D eigenvalue weighted by atomic mass is 10.0. The predicted molar refractivity (Wildman–Crippen MR) is 94.1 cm³/mol. The standard InChI is InChI=1S/C19H16FN3O4/c20-13-6-4-5-12(9-13)15(11-18(25)26)21-19(27)16-10-17(24)23(22-16)14-7-2-1-3-8-14/h1-10,15,24H,11H2,(H,21,27)(H,25,26)/t15-/m0/s1. The summed E-state index contributed by atoms with van der Waals surface area (Å²) in [5.74, 6) is -2.62. The van der Waals surface area contributed by atoms with Crippen molar-refractivity contribution < 1.29 is 24.2 Å². The zero-order chi connectivity index (χ0) is 19.4. The Kier molecular flexibility index (Phi) is 5.16. The number of carbonyl (C=O) groups is 2. The summed E-state index contributed by atoms with van der Waals surface area (Å²) in [5.41, 5.74) is 0.780. The minimum Gasteiger partial charge on any atom is -0.493 e. The van der Waals surface area contributed by atoms with E-state index in [1.165, 1.54) is 28.9 Å². The van der Waals surface area contributed by atoms with Gasteiger partial charge in [0.1, 0.15) is 5.82 Å². The van der Waals surface area contributed by atoms with Crippen molar-refractivity contribution in [3.05, 3.63) is 77.7 Å². The summed E-state index contributed by atoms with van der Waals surface area (Å²) in [6.07, 6.45) is -0.430. The molecule has 0 aliphatic carbocycles. The second-order valence-corrected chi connectivity index (χ2v) is 5.81. The van der Waals surface area contributed by atoms with Crippen molar-refractivity contribution >= 4 is 11.9 Å². The number of benzene rings is 2. The number of nitrogens with one attached hydrogen (secondary N) is 1. The van der Waals surface area contributed by atoms with Gasteiger partial charge < -0.3 is 15.5 Å². The zero-order valence-electron chi connectivity index (χ0n) is 14.0. The Balaban J connectivity index is 1.85. The molecular weight excluding hydrogens is 353 g/mol. The summed E-state index contributed by atoms with van der Waals surface area (Å²) < 4.78 is 14.6. The van der Waals surface area contributed by atoms with E-state index in [0.29, 0.717) is 11.3 Å². The van der Waals surface area contributed by atoms with Crippen LogP contribution in [0.3, 0.4) is 0 Å². The second kappa shape index (κ2) is 7.69. The van der Waals surface area contributed by atoms with E-state index < -0.39 is 30.2 Å². The molecule has 7 nitrogen and oxygen atoms in total. The van der Waals surface area contributed by atoms with Crippen LogP contribution in [-0.2, 0) is 4.79 Å². The van der Waals surface area contributed by atoms with Crippen LogP contribution in [0.1, 0.15) is 28.5 Å². The number of rotatable bonds is 6. The van der Waals surface area contributed by atoms with Crippen LogP contribution in [0.2, 0.25) is 0 Å². The van der Waals surface area contributed by atoms with Gasteiger partial charge in [-0.15, -0.1) is 0 Å². The average molecular weight is 369 g/mol. The molecular formula is C19H16FN3O4. The fourth-order valence-electron chi connectivity index (χ4n) is 2.62. The molecule has 0 saturated heterocycles. The number of para-hydroxylation sites is 1. The molecule has 0 saturated carbocycles. The topological polar surface area (TPSA) is 104 Å². The minimum absolute atomic E-state index is 0.0943. The third kappa shape index (κ3) is 4.30. The van der Waals surface area contributed by atoms with Gasteiger partial charge in [-0.1, -0.05) is 30.3 Å². The fraction of sp³-hybridized carbons (Fsp3) is 0.105. The number of hydrogen-bond acceptors (Lipinski definition) is 4. The number of aromatic hydroxyl groups is 1. The minimum atomic E-state index is -1.15. The van der Waals surface area contributed by atoms with Gasteiger partial charge >= 0.3 is 5.97 Å². The van der Waals surface area contributed by atoms with Crippen molar-refractivity contribution in [2.24, 2.45) is 0 Å². The summed E-state index contributed by atoms with van der Waals surface area (Å²) in [4.78, 5) is 23.6. The molecule has 0 radical (unpaired) electrons. The Hall–Kier alpha value is -3.68. The normalized spacial score (nSPS) is 11.7. The van der Waals surface area contributed by atoms with Crippen molar-refractivity contribution in [3.8, 4) is 11.6 Å². The molecule has 3 aromatic rings. The molecule has 1 aromatic heterocycles. The van der Waals surface area contributed by atoms with Gasteiger partial charge in [0, 0.05) is 6.07 Å². The van der Waals surface area contributed by atoms with E-state index in [1.807, 2.05) is 0 Å². The Bertz CT molecular complexity index is 972. The zero-order valence-corrected chi connectivity index (χ0v) is 14.0. The maximum Gasteiger partial charge on any atom is 0.305 e. The predicted octanol–water partition coefficient (Wildman–Crippen LogP) is 2.66. The fourth-order valence-corrected chi connectivity index (χ4v) is 2.62. The molecule has 3 N–H and O–H groups in total. The van der Waals surface area contributed by atoms with E-state index in [9.17, 15) is 19.1 Å². The maximum absolute atomic E-state index is 13.5. The van der Waals surface area contributed by atoms with Crippen molar-refractivity contribution in [2.45, 2.75) is 12.5 Å². The largest absolute Gasteiger partial charge is 0.493 e. The molecule has 0 aliphatic rings. The third-order valence-electron chi connectivity index (χ3n) is 3.86. The van der Waals surface area contributed by atoms with E-state index in [2.05, 4.69) is 10.4 Å². The van der Waals surface area contributed by atoms with Gasteiger partial charge in [-0.05, 0) is 29.8 Å². The number of halogens is 1. The molecule has 0 fully saturated rings. The van der Waals surface area contributed by atoms with Crippen LogP contribution in [0, 0.1) is 5.82 Å². The van der Waals surface area contributed by atoms with E-state index in [4.69, 9.17) is 5.11 Å². The van der Waals surface area contributed by atoms with E-state index >= 15 is 0 Å². The average Bonchev–Trinajstić information content (AvgIpc) is 3.03. The van der Waals surface area contributed by atoms with Gasteiger partial charge in [0.2, 0.25) is 5.88 Å². The highest BCUT2D eigenvalue weighted by Gasteiger charge is 2.22. The number of aromatic nitrogens is 2. The van der Waals surface area contributed by atoms with Crippen LogP contribution in [-0.4, -0.2) is 31.9 Å². The molecule has 0 spiro atoms. The highest BCUT2D eigenvalue weighted by Crippen LogP contribution is 2.21. The number of carboxylic acids is 1. The van der Waals surface area contributed by atoms with E-state index in [1.54, 1.807) is 30.3 Å². The van der Waals surface area contributed by atoms with Gasteiger partial charge in [-0.2, -0.15) is 5.10 Å². The molecule has 8 heteroatoms. The summed E-state index contributed by atoms with van der Waals surface area (Å²) >= 11 is 0. The number of hydrogen-bond donors (Lipinski definition) is 3. The van der Waals surface area contributed by atoms with Crippen LogP contribution in [0.15, 0.2) is 60.7 Å². The lowest BCUT2D eigenvalue weighted by Gasteiger charge is -2.16. The Labute approximate surface area is 153 Å². The highest BCUT2D eigenvalue weighted by molar-refractivity contribution is 5.93. The van der Waals surface area contributed by atoms with Gasteiger partial charge in [-0.25, -0.2) is 9.07 Å². The van der Waals surface area contributed by atoms with Gasteiger partial charge in [0.15, 0.2) is 5.69 Å². The van der Waals surface area contributed by atoms with Crippen molar-refractivity contribution in [2.75, 3.05) is 0 Å². The molecule has 138 valence electrons. The monoisotopic (exact) mass is 369 g/mol. The number of amides is 1. The number of carboxylic acid groups (broad SMARTS) is 1. The highest BCUT2D eigenvalue weighted by atomic mass is 19.1.